The van der Waals surface area contributed by atoms with Crippen LogP contribution in [0.2, 0.25) is 0 Å². The first kappa shape index (κ1) is 20.0. The number of halogens is 1. The second-order valence-corrected chi connectivity index (χ2v) is 6.21. The largest absolute Gasteiger partial charge is 0.248 e. The van der Waals surface area contributed by atoms with Crippen LogP contribution >= 0.6 is 0 Å². The van der Waals surface area contributed by atoms with Gasteiger partial charge in [0.25, 0.3) is 0 Å². The molecule has 0 spiro atoms. The van der Waals surface area contributed by atoms with Crippen LogP contribution in [0, 0.1) is 18.7 Å². The number of benzene rings is 2. The first-order chi connectivity index (χ1) is 13.3. The number of pyridine rings is 1. The summed E-state index contributed by atoms with van der Waals surface area (Å²) in [6.07, 6.45) is 18.2. The first-order valence-electron chi connectivity index (χ1n) is 8.86. The summed E-state index contributed by atoms with van der Waals surface area (Å²) >= 11 is 0. The summed E-state index contributed by atoms with van der Waals surface area (Å²) in [6, 6.07) is 16.6. The molecule has 0 atom stereocenters. The molecule has 1 heterocycles. The summed E-state index contributed by atoms with van der Waals surface area (Å²) < 4.78 is 13.1. The van der Waals surface area contributed by atoms with Crippen molar-refractivity contribution in [3.8, 4) is 11.3 Å². The molecule has 3 aromatic rings. The molecule has 28 heavy (non-hydrogen) atoms. The molecule has 0 saturated carbocycles. The predicted octanol–water partition coefficient (Wildman–Crippen LogP) is 6.51. The number of nitrogens with zero attached hydrogens (tertiary/aromatic N) is 1. The molecule has 0 saturated heterocycles. The smallest absolute Gasteiger partial charge is 0.123 e. The van der Waals surface area contributed by atoms with Crippen LogP contribution < -0.4 is 0 Å². The summed E-state index contributed by atoms with van der Waals surface area (Å²) in [5.74, 6) is -0.235. The molecule has 2 aliphatic rings. The summed E-state index contributed by atoms with van der Waals surface area (Å²) in [4.78, 5) is 4.72. The number of rotatable bonds is 2. The fourth-order valence-corrected chi connectivity index (χ4v) is 3.06. The Morgan fingerprint density at radius 3 is 2.14 bits per heavy atom. The van der Waals surface area contributed by atoms with E-state index in [4.69, 9.17) is 4.98 Å². The van der Waals surface area contributed by atoms with Crippen LogP contribution in [0.4, 0.5) is 4.39 Å². The van der Waals surface area contributed by atoms with Gasteiger partial charge in [0.15, 0.2) is 0 Å². The quantitative estimate of drug-likeness (QED) is 0.441. The average Bonchev–Trinajstić information content (AvgIpc) is 3.44. The van der Waals surface area contributed by atoms with Gasteiger partial charge >= 0.3 is 0 Å². The van der Waals surface area contributed by atoms with E-state index in [0.717, 1.165) is 27.7 Å². The maximum atomic E-state index is 13.1. The number of aromatic nitrogens is 1. The van der Waals surface area contributed by atoms with Crippen LogP contribution in [0.25, 0.3) is 27.7 Å². The third kappa shape index (κ3) is 4.56. The van der Waals surface area contributed by atoms with E-state index in [-0.39, 0.29) is 22.9 Å². The summed E-state index contributed by atoms with van der Waals surface area (Å²) in [5.41, 5.74) is 5.03. The number of para-hydroxylation sites is 1. The fraction of sp³-hybridized carbons (Fsp3) is 0. The van der Waals surface area contributed by atoms with Crippen molar-refractivity contribution in [3.05, 3.63) is 121 Å². The van der Waals surface area contributed by atoms with Crippen LogP contribution in [-0.4, -0.2) is 4.98 Å². The van der Waals surface area contributed by atoms with E-state index in [2.05, 4.69) is 24.3 Å². The molecule has 1 aromatic heterocycles. The van der Waals surface area contributed by atoms with Gasteiger partial charge in [-0.2, -0.15) is 0 Å². The molecule has 0 amide bonds. The van der Waals surface area contributed by atoms with E-state index in [1.807, 2.05) is 61.4 Å². The van der Waals surface area contributed by atoms with Gasteiger partial charge in [0.1, 0.15) is 5.82 Å². The molecule has 0 bridgehead atoms. The van der Waals surface area contributed by atoms with E-state index in [9.17, 15) is 4.39 Å². The monoisotopic (exact) mass is 407 g/mol. The van der Waals surface area contributed by atoms with Gasteiger partial charge < -0.3 is 0 Å². The molecule has 0 fully saturated rings. The minimum absolute atomic E-state index is 0. The Kier molecular flexibility index (Phi) is 6.75. The van der Waals surface area contributed by atoms with Crippen molar-refractivity contribution in [2.45, 2.75) is 0 Å². The van der Waals surface area contributed by atoms with Crippen molar-refractivity contribution in [1.82, 2.24) is 4.98 Å². The summed E-state index contributed by atoms with van der Waals surface area (Å²) in [7, 11) is 0. The second-order valence-electron chi connectivity index (χ2n) is 6.21. The Balaban J connectivity index is 0.000000329. The molecule has 1 nitrogen and oxygen atoms in total. The van der Waals surface area contributed by atoms with E-state index >= 15 is 0 Å². The van der Waals surface area contributed by atoms with Crippen molar-refractivity contribution in [2.24, 2.45) is 0 Å². The molecular weight excluding hydrogens is 389 g/mol. The van der Waals surface area contributed by atoms with Gasteiger partial charge in [0, 0.05) is 40.9 Å². The van der Waals surface area contributed by atoms with Gasteiger partial charge in [-0.3, -0.25) is 0 Å². The number of hydrogen-bond donors (Lipinski definition) is 0. The Morgan fingerprint density at radius 2 is 1.50 bits per heavy atom. The average molecular weight is 407 g/mol. The molecule has 0 aliphatic heterocycles. The third-order valence-corrected chi connectivity index (χ3v) is 4.39. The van der Waals surface area contributed by atoms with Crippen molar-refractivity contribution >= 4 is 16.5 Å². The third-order valence-electron chi connectivity index (χ3n) is 4.39. The van der Waals surface area contributed by atoms with Crippen molar-refractivity contribution in [2.75, 3.05) is 0 Å². The maximum Gasteiger partial charge on any atom is 0.123 e. The van der Waals surface area contributed by atoms with E-state index in [1.54, 1.807) is 12.1 Å². The maximum absolute atomic E-state index is 13.1. The minimum Gasteiger partial charge on any atom is -0.248 e. The minimum atomic E-state index is -0.235. The van der Waals surface area contributed by atoms with Gasteiger partial charge in [-0.1, -0.05) is 60.7 Å². The van der Waals surface area contributed by atoms with Crippen LogP contribution in [-0.2, 0) is 17.1 Å². The number of hydrogen-bond acceptors (Lipinski definition) is 1. The molecule has 2 aromatic carbocycles. The van der Waals surface area contributed by atoms with E-state index < -0.39 is 0 Å². The van der Waals surface area contributed by atoms with Crippen LogP contribution in [0.15, 0.2) is 97.1 Å². The van der Waals surface area contributed by atoms with Crippen LogP contribution in [0.3, 0.4) is 0 Å². The first-order valence-corrected chi connectivity index (χ1v) is 8.86. The van der Waals surface area contributed by atoms with E-state index in [0.29, 0.717) is 0 Å². The van der Waals surface area contributed by atoms with Crippen LogP contribution in [0.1, 0.15) is 5.56 Å². The van der Waals surface area contributed by atoms with Gasteiger partial charge in [-0.05, 0) is 47.5 Å². The van der Waals surface area contributed by atoms with Crippen molar-refractivity contribution < 1.29 is 21.5 Å². The zero-order chi connectivity index (χ0) is 18.5. The van der Waals surface area contributed by atoms with Gasteiger partial charge in [0.2, 0.25) is 0 Å². The molecular formula is C25H18FFeN. The summed E-state index contributed by atoms with van der Waals surface area (Å²) in [6.45, 7) is 0. The van der Waals surface area contributed by atoms with Crippen molar-refractivity contribution in [3.63, 3.8) is 0 Å². The molecule has 2 radical (unpaired) electrons. The van der Waals surface area contributed by atoms with Gasteiger partial charge in [-0.15, -0.1) is 0 Å². The standard InChI is InChI=1S/C20H13FN.C5H5.Fe/c21-16-11-9-15(10-12-16)20-13-18(14-5-1-2-6-14)17-7-3-4-8-19(17)22-20;1-2-4-5-3-1;/h1-13H;1-5H;. The molecule has 0 unspecified atom stereocenters. The van der Waals surface area contributed by atoms with Gasteiger partial charge in [0.05, 0.1) is 11.2 Å². The Labute approximate surface area is 175 Å². The van der Waals surface area contributed by atoms with Gasteiger partial charge in [-0.25, -0.2) is 9.37 Å². The zero-order valence-electron chi connectivity index (χ0n) is 15.1. The zero-order valence-corrected chi connectivity index (χ0v) is 16.2. The van der Waals surface area contributed by atoms with Crippen molar-refractivity contribution in [1.29, 1.82) is 0 Å². The molecule has 0 N–H and O–H groups in total. The van der Waals surface area contributed by atoms with E-state index in [1.165, 1.54) is 17.7 Å². The Bertz CT molecular complexity index is 1070. The Morgan fingerprint density at radius 1 is 0.750 bits per heavy atom. The molecule has 2 aliphatic carbocycles. The van der Waals surface area contributed by atoms with Crippen LogP contribution in [0.5, 0.6) is 0 Å². The molecule has 138 valence electrons. The topological polar surface area (TPSA) is 12.9 Å². The second kappa shape index (κ2) is 9.45. The molecule has 5 rings (SSSR count). The predicted molar refractivity (Wildman–Crippen MR) is 111 cm³/mol. The fourth-order valence-electron chi connectivity index (χ4n) is 3.06. The Hall–Kier alpha value is -2.74. The number of allylic oxidation sites excluding steroid dienone is 8. The number of fused-ring (bicyclic) bond motifs is 1. The SMILES string of the molecule is Fc1ccc(-c2cc(C3=C[CH]C=C3)c3ccccc3n2)cc1.[CH]1C=CC=C1.[Fe]. The normalized spacial score (nSPS) is 13.8. The molecule has 3 heteroatoms. The summed E-state index contributed by atoms with van der Waals surface area (Å²) in [5, 5.41) is 1.12.